The monoisotopic (exact) mass is 343 g/mol. The Bertz CT molecular complexity index is 1020. The van der Waals surface area contributed by atoms with Gasteiger partial charge in [0.1, 0.15) is 5.75 Å². The van der Waals surface area contributed by atoms with Crippen molar-refractivity contribution in [2.45, 2.75) is 12.3 Å². The molecule has 4 nitrogen and oxygen atoms in total. The molecule has 1 aromatic heterocycles. The van der Waals surface area contributed by atoms with E-state index in [9.17, 15) is 0 Å². The van der Waals surface area contributed by atoms with Crippen LogP contribution in [-0.2, 0) is 6.42 Å². The van der Waals surface area contributed by atoms with Crippen LogP contribution in [0.1, 0.15) is 22.7 Å². The lowest BCUT2D eigenvalue weighted by Gasteiger charge is -2.17. The van der Waals surface area contributed by atoms with Gasteiger partial charge >= 0.3 is 0 Å². The van der Waals surface area contributed by atoms with Gasteiger partial charge in [-0.15, -0.1) is 0 Å². The van der Waals surface area contributed by atoms with E-state index in [1.165, 1.54) is 21.9 Å². The van der Waals surface area contributed by atoms with Crippen molar-refractivity contribution >= 4 is 16.7 Å². The smallest absolute Gasteiger partial charge is 0.197 e. The van der Waals surface area contributed by atoms with Crippen LogP contribution in [-0.4, -0.2) is 17.1 Å². The van der Waals surface area contributed by atoms with Crippen LogP contribution in [0.5, 0.6) is 5.75 Å². The van der Waals surface area contributed by atoms with Gasteiger partial charge in [0.15, 0.2) is 5.95 Å². The fourth-order valence-electron chi connectivity index (χ4n) is 3.37. The lowest BCUT2D eigenvalue weighted by molar-refractivity contribution is 0.414. The van der Waals surface area contributed by atoms with Crippen molar-refractivity contribution in [1.82, 2.24) is 9.97 Å². The van der Waals surface area contributed by atoms with Crippen molar-refractivity contribution in [3.8, 4) is 5.75 Å². The molecule has 4 heteroatoms. The number of rotatable bonds is 5. The molecule has 130 valence electrons. The third-order valence-corrected chi connectivity index (χ3v) is 4.76. The molecule has 0 saturated heterocycles. The third kappa shape index (κ3) is 3.26. The Morgan fingerprint density at radius 1 is 1.00 bits per heavy atom. The van der Waals surface area contributed by atoms with E-state index in [2.05, 4.69) is 64.6 Å². The molecule has 4 aromatic rings. The topological polar surface area (TPSA) is 63.9 Å². The largest absolute Gasteiger partial charge is 0.497 e. The van der Waals surface area contributed by atoms with Gasteiger partial charge in [-0.3, -0.25) is 0 Å². The molecule has 1 heterocycles. The number of methoxy groups -OCH3 is 1. The van der Waals surface area contributed by atoms with Crippen LogP contribution in [0.25, 0.3) is 10.8 Å². The van der Waals surface area contributed by atoms with Crippen LogP contribution in [0.2, 0.25) is 0 Å². The summed E-state index contributed by atoms with van der Waals surface area (Å²) in [5.41, 5.74) is 9.31. The zero-order chi connectivity index (χ0) is 17.9. The number of H-pyrrole nitrogens is 1. The second-order valence-electron chi connectivity index (χ2n) is 6.44. The molecule has 0 amide bonds. The minimum atomic E-state index is 0.145. The van der Waals surface area contributed by atoms with E-state index in [4.69, 9.17) is 10.5 Å². The summed E-state index contributed by atoms with van der Waals surface area (Å²) in [6.07, 6.45) is 2.68. The molecule has 26 heavy (non-hydrogen) atoms. The van der Waals surface area contributed by atoms with Gasteiger partial charge in [-0.25, -0.2) is 4.98 Å². The van der Waals surface area contributed by atoms with E-state index < -0.39 is 0 Å². The van der Waals surface area contributed by atoms with Crippen molar-refractivity contribution in [3.63, 3.8) is 0 Å². The number of nitrogen functional groups attached to an aromatic ring is 1. The molecular formula is C22H21N3O. The minimum Gasteiger partial charge on any atom is -0.497 e. The summed E-state index contributed by atoms with van der Waals surface area (Å²) in [4.78, 5) is 7.38. The number of nitrogens with zero attached hydrogens (tertiary/aromatic N) is 1. The fourth-order valence-corrected chi connectivity index (χ4v) is 3.37. The molecule has 0 spiro atoms. The quantitative estimate of drug-likeness (QED) is 0.560. The Kier molecular flexibility index (Phi) is 4.32. The highest BCUT2D eigenvalue weighted by atomic mass is 16.5. The molecule has 4 rings (SSSR count). The van der Waals surface area contributed by atoms with Crippen molar-refractivity contribution < 1.29 is 4.74 Å². The Hall–Kier alpha value is -3.27. The first-order valence-electron chi connectivity index (χ1n) is 8.65. The van der Waals surface area contributed by atoms with E-state index in [1.54, 1.807) is 7.11 Å². The average molecular weight is 343 g/mol. The summed E-state index contributed by atoms with van der Waals surface area (Å²) >= 11 is 0. The van der Waals surface area contributed by atoms with Gasteiger partial charge < -0.3 is 15.5 Å². The highest BCUT2D eigenvalue weighted by Gasteiger charge is 2.17. The molecule has 3 N–H and O–H groups in total. The third-order valence-electron chi connectivity index (χ3n) is 4.76. The van der Waals surface area contributed by atoms with Gasteiger partial charge in [0.05, 0.1) is 13.3 Å². The molecule has 0 saturated carbocycles. The summed E-state index contributed by atoms with van der Waals surface area (Å²) in [6.45, 7) is 0. The van der Waals surface area contributed by atoms with E-state index in [-0.39, 0.29) is 5.92 Å². The fraction of sp³-hybridized carbons (Fsp3) is 0.136. The van der Waals surface area contributed by atoms with E-state index >= 15 is 0 Å². The second kappa shape index (κ2) is 6.92. The Labute approximate surface area is 152 Å². The molecule has 1 unspecified atom stereocenters. The number of aromatic nitrogens is 2. The predicted octanol–water partition coefficient (Wildman–Crippen LogP) is 4.53. The van der Waals surface area contributed by atoms with Crippen molar-refractivity contribution in [3.05, 3.63) is 89.7 Å². The van der Waals surface area contributed by atoms with Crippen molar-refractivity contribution in [2.75, 3.05) is 12.8 Å². The summed E-state index contributed by atoms with van der Waals surface area (Å²) in [5, 5.41) is 2.51. The number of anilines is 1. The highest BCUT2D eigenvalue weighted by molar-refractivity contribution is 5.83. The number of hydrogen-bond donors (Lipinski definition) is 2. The van der Waals surface area contributed by atoms with Crippen LogP contribution in [0.15, 0.2) is 72.9 Å². The standard InChI is InChI=1S/C22H21N3O/c1-26-19-10-8-17(9-11-19)20(21-14-24-22(23)25-21)13-15-6-7-16-4-2-3-5-18(16)12-15/h2-12,14,20H,13H2,1H3,(H3,23,24,25). The first kappa shape index (κ1) is 16.2. The lowest BCUT2D eigenvalue weighted by atomic mass is 9.89. The Morgan fingerprint density at radius 3 is 2.46 bits per heavy atom. The van der Waals surface area contributed by atoms with Crippen LogP contribution in [0.4, 0.5) is 5.95 Å². The van der Waals surface area contributed by atoms with Gasteiger partial charge in [0.25, 0.3) is 0 Å². The maximum atomic E-state index is 5.82. The number of imidazole rings is 1. The van der Waals surface area contributed by atoms with Gasteiger partial charge in [0, 0.05) is 11.6 Å². The number of nitrogens with one attached hydrogen (secondary N) is 1. The van der Waals surface area contributed by atoms with Crippen LogP contribution < -0.4 is 10.5 Å². The van der Waals surface area contributed by atoms with Crippen LogP contribution >= 0.6 is 0 Å². The molecule has 1 atom stereocenters. The summed E-state index contributed by atoms with van der Waals surface area (Å²) in [5.74, 6) is 1.44. The maximum absolute atomic E-state index is 5.82. The molecule has 3 aromatic carbocycles. The first-order chi connectivity index (χ1) is 12.7. The maximum Gasteiger partial charge on any atom is 0.197 e. The summed E-state index contributed by atoms with van der Waals surface area (Å²) in [6, 6.07) is 23.2. The van der Waals surface area contributed by atoms with Gasteiger partial charge in [0.2, 0.25) is 0 Å². The lowest BCUT2D eigenvalue weighted by Crippen LogP contribution is -2.06. The molecule has 0 radical (unpaired) electrons. The number of fused-ring (bicyclic) bond motifs is 1. The molecule has 0 fully saturated rings. The zero-order valence-corrected chi connectivity index (χ0v) is 14.6. The normalized spacial score (nSPS) is 12.2. The van der Waals surface area contributed by atoms with E-state index in [1.807, 2.05) is 18.3 Å². The molecule has 0 aliphatic carbocycles. The summed E-state index contributed by atoms with van der Waals surface area (Å²) in [7, 11) is 1.68. The zero-order valence-electron chi connectivity index (χ0n) is 14.6. The molecule has 0 bridgehead atoms. The number of hydrogen-bond acceptors (Lipinski definition) is 3. The predicted molar refractivity (Wildman–Crippen MR) is 105 cm³/mol. The van der Waals surface area contributed by atoms with Crippen molar-refractivity contribution in [2.24, 2.45) is 0 Å². The van der Waals surface area contributed by atoms with Crippen LogP contribution in [0, 0.1) is 0 Å². The average Bonchev–Trinajstić information content (AvgIpc) is 3.12. The molecular weight excluding hydrogens is 322 g/mol. The van der Waals surface area contributed by atoms with Gasteiger partial charge in [-0.1, -0.05) is 54.6 Å². The first-order valence-corrected chi connectivity index (χ1v) is 8.65. The highest BCUT2D eigenvalue weighted by Crippen LogP contribution is 2.30. The second-order valence-corrected chi connectivity index (χ2v) is 6.44. The van der Waals surface area contributed by atoms with Gasteiger partial charge in [-0.2, -0.15) is 0 Å². The Balaban J connectivity index is 1.71. The van der Waals surface area contributed by atoms with E-state index in [0.29, 0.717) is 5.95 Å². The van der Waals surface area contributed by atoms with Gasteiger partial charge in [-0.05, 0) is 40.5 Å². The van der Waals surface area contributed by atoms with Crippen molar-refractivity contribution in [1.29, 1.82) is 0 Å². The number of benzene rings is 3. The van der Waals surface area contributed by atoms with E-state index in [0.717, 1.165) is 17.9 Å². The summed E-state index contributed by atoms with van der Waals surface area (Å²) < 4.78 is 5.29. The number of aromatic amines is 1. The van der Waals surface area contributed by atoms with Crippen LogP contribution in [0.3, 0.4) is 0 Å². The minimum absolute atomic E-state index is 0.145. The Morgan fingerprint density at radius 2 is 1.77 bits per heavy atom. The number of ether oxygens (including phenoxy) is 1. The number of nitrogens with two attached hydrogens (primary N) is 1. The molecule has 0 aliphatic rings. The molecule has 0 aliphatic heterocycles. The SMILES string of the molecule is COc1ccc(C(Cc2ccc3ccccc3c2)c2cnc(N)[nH]2)cc1.